The fraction of sp³-hybridized carbons (Fsp3) is 0.120. The molecule has 2 aromatic heterocycles. The summed E-state index contributed by atoms with van der Waals surface area (Å²) in [5, 5.41) is 28.3. The third kappa shape index (κ3) is 3.65. The van der Waals surface area contributed by atoms with Gasteiger partial charge in [0.05, 0.1) is 11.3 Å². The van der Waals surface area contributed by atoms with Gasteiger partial charge in [-0.15, -0.1) is 0 Å². The van der Waals surface area contributed by atoms with Crippen molar-refractivity contribution in [3.63, 3.8) is 0 Å². The summed E-state index contributed by atoms with van der Waals surface area (Å²) in [6.07, 6.45) is 0.447. The first-order chi connectivity index (χ1) is 15.9. The Bertz CT molecular complexity index is 1520. The molecule has 33 heavy (non-hydrogen) atoms. The monoisotopic (exact) mass is 444 g/mol. The van der Waals surface area contributed by atoms with Crippen LogP contribution < -0.4 is 5.69 Å². The van der Waals surface area contributed by atoms with Crippen LogP contribution in [0.2, 0.25) is 0 Å². The van der Waals surface area contributed by atoms with Gasteiger partial charge < -0.3 is 14.8 Å². The van der Waals surface area contributed by atoms with E-state index in [1.807, 2.05) is 54.2 Å². The van der Waals surface area contributed by atoms with Crippen molar-refractivity contribution in [2.75, 3.05) is 0 Å². The molecular weight excluding hydrogens is 423 g/mol. The van der Waals surface area contributed by atoms with Gasteiger partial charge in [-0.1, -0.05) is 30.3 Å². The van der Waals surface area contributed by atoms with Crippen molar-refractivity contribution < 1.29 is 14.6 Å². The number of rotatable bonds is 5. The highest BCUT2D eigenvalue weighted by Crippen LogP contribution is 2.39. The number of aromatic amines is 1. The lowest BCUT2D eigenvalue weighted by Gasteiger charge is -2.14. The van der Waals surface area contributed by atoms with Crippen molar-refractivity contribution in [2.45, 2.75) is 12.6 Å². The van der Waals surface area contributed by atoms with Crippen molar-refractivity contribution in [1.82, 2.24) is 19.3 Å². The molecule has 5 rings (SSSR count). The Hall–Kier alpha value is -4.33. The van der Waals surface area contributed by atoms with Crippen LogP contribution in [0.4, 0.5) is 4.39 Å². The molecule has 1 atom stereocenters. The highest BCUT2D eigenvalue weighted by atomic mass is 19.1. The molecule has 8 heteroatoms. The third-order valence-electron chi connectivity index (χ3n) is 5.78. The summed E-state index contributed by atoms with van der Waals surface area (Å²) < 4.78 is 18.4. The van der Waals surface area contributed by atoms with Gasteiger partial charge >= 0.3 is 5.69 Å². The molecule has 7 nitrogen and oxygen atoms in total. The summed E-state index contributed by atoms with van der Waals surface area (Å²) in [6, 6.07) is 18.9. The second-order valence-corrected chi connectivity index (χ2v) is 7.94. The zero-order chi connectivity index (χ0) is 23.1. The van der Waals surface area contributed by atoms with Crippen LogP contribution in [0.15, 0.2) is 77.7 Å². The first kappa shape index (κ1) is 20.6. The fourth-order valence-electron chi connectivity index (χ4n) is 4.08. The molecule has 166 valence electrons. The Labute approximate surface area is 188 Å². The van der Waals surface area contributed by atoms with Crippen LogP contribution in [-0.2, 0) is 13.5 Å². The number of halogens is 1. The van der Waals surface area contributed by atoms with Crippen molar-refractivity contribution in [3.8, 4) is 28.6 Å². The Balaban J connectivity index is 1.60. The average Bonchev–Trinajstić information content (AvgIpc) is 3.36. The number of fused-ring (bicyclic) bond motifs is 1. The third-order valence-corrected chi connectivity index (χ3v) is 5.78. The van der Waals surface area contributed by atoms with Crippen LogP contribution in [0.1, 0.15) is 17.3 Å². The molecule has 0 saturated carbocycles. The van der Waals surface area contributed by atoms with Gasteiger partial charge in [-0.2, -0.15) is 5.10 Å². The molecule has 3 aromatic carbocycles. The summed E-state index contributed by atoms with van der Waals surface area (Å²) >= 11 is 0. The zero-order valence-electron chi connectivity index (χ0n) is 17.7. The van der Waals surface area contributed by atoms with E-state index in [0.29, 0.717) is 5.69 Å². The molecule has 0 spiro atoms. The maximum absolute atomic E-state index is 15.2. The van der Waals surface area contributed by atoms with Crippen LogP contribution in [0.5, 0.6) is 11.5 Å². The Morgan fingerprint density at radius 3 is 2.61 bits per heavy atom. The quantitative estimate of drug-likeness (QED) is 0.375. The number of nitrogens with one attached hydrogen (secondary N) is 1. The molecule has 2 heterocycles. The van der Waals surface area contributed by atoms with Crippen molar-refractivity contribution in [1.29, 1.82) is 0 Å². The molecule has 1 unspecified atom stereocenters. The second-order valence-electron chi connectivity index (χ2n) is 7.94. The molecule has 0 radical (unpaired) electrons. The highest BCUT2D eigenvalue weighted by Gasteiger charge is 2.22. The molecule has 0 aliphatic heterocycles. The normalized spacial score (nSPS) is 12.3. The van der Waals surface area contributed by atoms with E-state index in [2.05, 4.69) is 10.2 Å². The first-order valence-corrected chi connectivity index (χ1v) is 10.4. The Kier molecular flexibility index (Phi) is 4.97. The molecular formula is C25H21FN4O3. The van der Waals surface area contributed by atoms with Crippen LogP contribution in [-0.4, -0.2) is 29.5 Å². The van der Waals surface area contributed by atoms with E-state index in [9.17, 15) is 15.0 Å². The van der Waals surface area contributed by atoms with Crippen LogP contribution in [0.3, 0.4) is 0 Å². The molecule has 5 aromatic rings. The van der Waals surface area contributed by atoms with Crippen molar-refractivity contribution >= 4 is 10.9 Å². The van der Waals surface area contributed by atoms with Gasteiger partial charge in [0.2, 0.25) is 0 Å². The molecule has 0 fully saturated rings. The van der Waals surface area contributed by atoms with Gasteiger partial charge in [0.25, 0.3) is 0 Å². The smallest absolute Gasteiger partial charge is 0.348 e. The second kappa shape index (κ2) is 7.98. The number of H-pyrrole nitrogens is 1. The number of aryl methyl sites for hydroxylation is 1. The maximum Gasteiger partial charge on any atom is 0.348 e. The van der Waals surface area contributed by atoms with Gasteiger partial charge in [-0.25, -0.2) is 18.9 Å². The lowest BCUT2D eigenvalue weighted by atomic mass is 9.99. The van der Waals surface area contributed by atoms with Crippen LogP contribution in [0.25, 0.3) is 28.0 Å². The Morgan fingerprint density at radius 2 is 1.82 bits per heavy atom. The minimum atomic E-state index is -1.52. The van der Waals surface area contributed by atoms with E-state index < -0.39 is 11.9 Å². The minimum absolute atomic E-state index is 0.00663. The number of phenols is 2. The van der Waals surface area contributed by atoms with Crippen molar-refractivity contribution in [2.24, 2.45) is 7.05 Å². The van der Waals surface area contributed by atoms with E-state index in [1.54, 1.807) is 18.2 Å². The largest absolute Gasteiger partial charge is 0.507 e. The fourth-order valence-corrected chi connectivity index (χ4v) is 4.08. The lowest BCUT2D eigenvalue weighted by Crippen LogP contribution is -2.15. The summed E-state index contributed by atoms with van der Waals surface area (Å²) in [6.45, 7) is 0. The number of nitrogens with zero attached hydrogens (tertiary/aromatic N) is 3. The van der Waals surface area contributed by atoms with Gasteiger partial charge in [-0.3, -0.25) is 0 Å². The van der Waals surface area contributed by atoms with Crippen LogP contribution >= 0.6 is 0 Å². The highest BCUT2D eigenvalue weighted by molar-refractivity contribution is 5.82. The van der Waals surface area contributed by atoms with E-state index in [4.69, 9.17) is 0 Å². The molecule has 0 aliphatic rings. The number of aromatic nitrogens is 4. The zero-order valence-corrected chi connectivity index (χ0v) is 17.7. The SMILES string of the molecule is Cn1ccc2cc(-n3c(-c4cc(C(F)Cc5ccccc5)c(O)cc4O)n[nH]c3=O)ccc21. The van der Waals surface area contributed by atoms with Gasteiger partial charge in [0, 0.05) is 42.2 Å². The van der Waals surface area contributed by atoms with E-state index in [1.165, 1.54) is 10.6 Å². The number of aromatic hydroxyl groups is 2. The predicted octanol–water partition coefficient (Wildman–Crippen LogP) is 4.38. The summed E-state index contributed by atoms with van der Waals surface area (Å²) in [5.41, 5.74) is 1.93. The van der Waals surface area contributed by atoms with Gasteiger partial charge in [0.1, 0.15) is 17.7 Å². The maximum atomic E-state index is 15.2. The minimum Gasteiger partial charge on any atom is -0.507 e. The molecule has 0 amide bonds. The molecule has 0 bridgehead atoms. The molecule has 0 saturated heterocycles. The molecule has 0 aliphatic carbocycles. The standard InChI is InChI=1S/C25H21FN4O3/c1-29-10-9-16-12-17(7-8-21(16)29)30-24(27-28-25(30)33)19-13-18(22(31)14-23(19)32)20(26)11-15-5-3-2-4-6-15/h2-10,12-14,20,31-32H,11H2,1H3,(H,28,33). The predicted molar refractivity (Wildman–Crippen MR) is 123 cm³/mol. The van der Waals surface area contributed by atoms with E-state index in [0.717, 1.165) is 22.5 Å². The van der Waals surface area contributed by atoms with E-state index >= 15 is 4.39 Å². The first-order valence-electron chi connectivity index (χ1n) is 10.4. The number of hydrogen-bond donors (Lipinski definition) is 3. The average molecular weight is 444 g/mol. The topological polar surface area (TPSA) is 96.1 Å². The van der Waals surface area contributed by atoms with E-state index in [-0.39, 0.29) is 34.9 Å². The lowest BCUT2D eigenvalue weighted by molar-refractivity contribution is 0.328. The van der Waals surface area contributed by atoms with Crippen LogP contribution in [0, 0.1) is 0 Å². The van der Waals surface area contributed by atoms with Gasteiger partial charge in [0.15, 0.2) is 5.82 Å². The van der Waals surface area contributed by atoms with Gasteiger partial charge in [-0.05, 0) is 35.9 Å². The molecule has 3 N–H and O–H groups in total. The Morgan fingerprint density at radius 1 is 1.03 bits per heavy atom. The summed E-state index contributed by atoms with van der Waals surface area (Å²) in [7, 11) is 1.93. The number of hydrogen-bond acceptors (Lipinski definition) is 4. The number of benzene rings is 3. The van der Waals surface area contributed by atoms with Crippen molar-refractivity contribution in [3.05, 3.63) is 94.5 Å². The summed E-state index contributed by atoms with van der Waals surface area (Å²) in [5.74, 6) is -0.569. The summed E-state index contributed by atoms with van der Waals surface area (Å²) in [4.78, 5) is 12.6. The number of alkyl halides is 1. The number of phenolic OH excluding ortho intramolecular Hbond substituents is 2.